The zero-order chi connectivity index (χ0) is 14.8. The summed E-state index contributed by atoms with van der Waals surface area (Å²) in [5.74, 6) is -0.144. The van der Waals surface area contributed by atoms with Crippen LogP contribution in [0.3, 0.4) is 0 Å². The first-order valence-corrected chi connectivity index (χ1v) is 7.38. The van der Waals surface area contributed by atoms with Gasteiger partial charge in [-0.3, -0.25) is 0 Å². The third-order valence-electron chi connectivity index (χ3n) is 3.39. The van der Waals surface area contributed by atoms with Crippen LogP contribution in [0.15, 0.2) is 18.2 Å². The van der Waals surface area contributed by atoms with Crippen molar-refractivity contribution in [2.24, 2.45) is 0 Å². The van der Waals surface area contributed by atoms with Crippen LogP contribution in [0.5, 0.6) is 0 Å². The van der Waals surface area contributed by atoms with Crippen molar-refractivity contribution in [3.05, 3.63) is 29.6 Å². The van der Waals surface area contributed by atoms with E-state index in [1.165, 1.54) is 18.9 Å². The van der Waals surface area contributed by atoms with Crippen LogP contribution in [0.4, 0.5) is 10.1 Å². The summed E-state index contributed by atoms with van der Waals surface area (Å²) in [6.07, 6.45) is 3.55. The van der Waals surface area contributed by atoms with Gasteiger partial charge in [-0.2, -0.15) is 0 Å². The largest absolute Gasteiger partial charge is 0.383 e. The van der Waals surface area contributed by atoms with E-state index in [2.05, 4.69) is 17.1 Å². The highest BCUT2D eigenvalue weighted by Gasteiger charge is 2.11. The van der Waals surface area contributed by atoms with Crippen molar-refractivity contribution in [2.45, 2.75) is 32.7 Å². The first-order valence-electron chi connectivity index (χ1n) is 7.38. The molecule has 0 aliphatic rings. The lowest BCUT2D eigenvalue weighted by molar-refractivity contribution is 0.199. The molecule has 1 aromatic carbocycles. The van der Waals surface area contributed by atoms with Crippen molar-refractivity contribution in [3.8, 4) is 0 Å². The van der Waals surface area contributed by atoms with Gasteiger partial charge in [-0.1, -0.05) is 25.8 Å². The molecule has 1 N–H and O–H groups in total. The Hall–Kier alpha value is -1.13. The van der Waals surface area contributed by atoms with Crippen LogP contribution in [0.2, 0.25) is 0 Å². The monoisotopic (exact) mass is 282 g/mol. The summed E-state index contributed by atoms with van der Waals surface area (Å²) in [7, 11) is 3.70. The molecule has 0 aliphatic carbocycles. The second-order valence-corrected chi connectivity index (χ2v) is 5.04. The lowest BCUT2D eigenvalue weighted by atomic mass is 10.1. The Kier molecular flexibility index (Phi) is 8.23. The summed E-state index contributed by atoms with van der Waals surface area (Å²) in [4.78, 5) is 2.14. The second-order valence-electron chi connectivity index (χ2n) is 5.04. The third-order valence-corrected chi connectivity index (χ3v) is 3.39. The van der Waals surface area contributed by atoms with Crippen LogP contribution in [-0.4, -0.2) is 33.9 Å². The molecule has 0 amide bonds. The van der Waals surface area contributed by atoms with E-state index in [9.17, 15) is 4.39 Å². The Morgan fingerprint density at radius 1 is 1.30 bits per heavy atom. The van der Waals surface area contributed by atoms with E-state index in [0.717, 1.165) is 30.8 Å². The minimum absolute atomic E-state index is 0.144. The standard InChI is InChI=1S/C16H27FN2O/c1-4-5-6-11-19(2)16-9-7-8-15(17)14(16)13-18-10-12-20-3/h7-9,18H,4-6,10-13H2,1-3H3. The fraction of sp³-hybridized carbons (Fsp3) is 0.625. The SMILES string of the molecule is CCCCCN(C)c1cccc(F)c1CNCCOC. The summed E-state index contributed by atoms with van der Waals surface area (Å²) >= 11 is 0. The molecule has 114 valence electrons. The van der Waals surface area contributed by atoms with Gasteiger partial charge < -0.3 is 15.0 Å². The quantitative estimate of drug-likeness (QED) is 0.667. The number of rotatable bonds is 10. The fourth-order valence-corrected chi connectivity index (χ4v) is 2.19. The highest BCUT2D eigenvalue weighted by molar-refractivity contribution is 5.53. The van der Waals surface area contributed by atoms with E-state index in [-0.39, 0.29) is 5.82 Å². The molecule has 0 unspecified atom stereocenters. The Labute approximate surface area is 122 Å². The number of ether oxygens (including phenoxy) is 1. The van der Waals surface area contributed by atoms with Crippen molar-refractivity contribution in [3.63, 3.8) is 0 Å². The number of nitrogens with zero attached hydrogens (tertiary/aromatic N) is 1. The third kappa shape index (κ3) is 5.47. The zero-order valence-electron chi connectivity index (χ0n) is 12.9. The van der Waals surface area contributed by atoms with Gasteiger partial charge in [0, 0.05) is 45.0 Å². The maximum absolute atomic E-state index is 14.0. The van der Waals surface area contributed by atoms with E-state index in [0.29, 0.717) is 13.2 Å². The number of unbranched alkanes of at least 4 members (excludes halogenated alkanes) is 2. The summed E-state index contributed by atoms with van der Waals surface area (Å²) in [6.45, 7) is 5.04. The molecule has 20 heavy (non-hydrogen) atoms. The van der Waals surface area contributed by atoms with Crippen molar-refractivity contribution >= 4 is 5.69 Å². The van der Waals surface area contributed by atoms with E-state index >= 15 is 0 Å². The molecule has 0 bridgehead atoms. The first kappa shape index (κ1) is 16.9. The summed E-state index contributed by atoms with van der Waals surface area (Å²) in [5, 5.41) is 3.21. The minimum atomic E-state index is -0.144. The van der Waals surface area contributed by atoms with Gasteiger partial charge in [0.25, 0.3) is 0 Å². The van der Waals surface area contributed by atoms with Crippen LogP contribution >= 0.6 is 0 Å². The second kappa shape index (κ2) is 9.72. The molecular formula is C16H27FN2O. The molecule has 3 nitrogen and oxygen atoms in total. The Morgan fingerprint density at radius 3 is 2.80 bits per heavy atom. The first-order chi connectivity index (χ1) is 9.70. The van der Waals surface area contributed by atoms with Crippen molar-refractivity contribution in [1.82, 2.24) is 5.32 Å². The lowest BCUT2D eigenvalue weighted by Crippen LogP contribution is -2.24. The van der Waals surface area contributed by atoms with Gasteiger partial charge in [0.15, 0.2) is 0 Å². The molecule has 0 radical (unpaired) electrons. The molecule has 0 heterocycles. The topological polar surface area (TPSA) is 24.5 Å². The predicted molar refractivity (Wildman–Crippen MR) is 82.8 cm³/mol. The van der Waals surface area contributed by atoms with Crippen LogP contribution in [-0.2, 0) is 11.3 Å². The highest BCUT2D eigenvalue weighted by Crippen LogP contribution is 2.22. The van der Waals surface area contributed by atoms with Gasteiger partial charge in [0.05, 0.1) is 6.61 Å². The number of hydrogen-bond donors (Lipinski definition) is 1. The Balaban J connectivity index is 2.66. The van der Waals surface area contributed by atoms with Crippen molar-refractivity contribution in [2.75, 3.05) is 38.8 Å². The number of hydrogen-bond acceptors (Lipinski definition) is 3. The average molecular weight is 282 g/mol. The molecule has 0 atom stereocenters. The Bertz CT molecular complexity index is 385. The van der Waals surface area contributed by atoms with E-state index < -0.39 is 0 Å². The van der Waals surface area contributed by atoms with Gasteiger partial charge in [-0.05, 0) is 18.6 Å². The molecule has 0 saturated carbocycles. The fourth-order valence-electron chi connectivity index (χ4n) is 2.19. The molecule has 0 fully saturated rings. The molecule has 0 aromatic heterocycles. The Morgan fingerprint density at radius 2 is 2.10 bits per heavy atom. The molecule has 1 rings (SSSR count). The van der Waals surface area contributed by atoms with Gasteiger partial charge in [0.2, 0.25) is 0 Å². The molecule has 1 aromatic rings. The van der Waals surface area contributed by atoms with Crippen molar-refractivity contribution < 1.29 is 9.13 Å². The molecule has 4 heteroatoms. The number of benzene rings is 1. The lowest BCUT2D eigenvalue weighted by Gasteiger charge is -2.23. The van der Waals surface area contributed by atoms with Gasteiger partial charge in [0.1, 0.15) is 5.82 Å². The van der Waals surface area contributed by atoms with Crippen LogP contribution < -0.4 is 10.2 Å². The normalized spacial score (nSPS) is 10.8. The zero-order valence-corrected chi connectivity index (χ0v) is 12.9. The van der Waals surface area contributed by atoms with Crippen molar-refractivity contribution in [1.29, 1.82) is 0 Å². The van der Waals surface area contributed by atoms with Crippen LogP contribution in [0, 0.1) is 5.82 Å². The van der Waals surface area contributed by atoms with Gasteiger partial charge in [-0.15, -0.1) is 0 Å². The average Bonchev–Trinajstić information content (AvgIpc) is 2.45. The number of halogens is 1. The van der Waals surface area contributed by atoms with E-state index in [1.54, 1.807) is 13.2 Å². The van der Waals surface area contributed by atoms with E-state index in [4.69, 9.17) is 4.74 Å². The van der Waals surface area contributed by atoms with Crippen LogP contribution in [0.25, 0.3) is 0 Å². The van der Waals surface area contributed by atoms with Crippen LogP contribution in [0.1, 0.15) is 31.7 Å². The van der Waals surface area contributed by atoms with E-state index in [1.807, 2.05) is 13.1 Å². The summed E-state index contributed by atoms with van der Waals surface area (Å²) in [5.41, 5.74) is 1.72. The molecule has 0 spiro atoms. The summed E-state index contributed by atoms with van der Waals surface area (Å²) in [6, 6.07) is 5.29. The number of nitrogens with one attached hydrogen (secondary N) is 1. The predicted octanol–water partition coefficient (Wildman–Crippen LogP) is 3.19. The highest BCUT2D eigenvalue weighted by atomic mass is 19.1. The maximum atomic E-state index is 14.0. The molecule has 0 saturated heterocycles. The molecule has 0 aliphatic heterocycles. The maximum Gasteiger partial charge on any atom is 0.129 e. The summed E-state index contributed by atoms with van der Waals surface area (Å²) < 4.78 is 19.0. The van der Waals surface area contributed by atoms with Gasteiger partial charge >= 0.3 is 0 Å². The smallest absolute Gasteiger partial charge is 0.129 e. The number of anilines is 1. The van der Waals surface area contributed by atoms with Gasteiger partial charge in [-0.25, -0.2) is 4.39 Å². The molecular weight excluding hydrogens is 255 g/mol. The number of methoxy groups -OCH3 is 1. The minimum Gasteiger partial charge on any atom is -0.383 e.